The first-order valence-electron chi connectivity index (χ1n) is 9.91. The lowest BCUT2D eigenvalue weighted by Crippen LogP contribution is -2.55. The standard InChI is InChI=1S/C22H28N2O2S/c1-14(2)13-26-19-5-3-4-18(9-19)23-21(27)24-20(25)22-10-15-6-16(11-22)8-17(7-15)12-22/h3-5,9,15-17H,1,6-8,10-13H2,2H3,(H2,23,24,25,27). The van der Waals surface area contributed by atoms with E-state index >= 15 is 0 Å². The number of hydrogen-bond acceptors (Lipinski definition) is 3. The summed E-state index contributed by atoms with van der Waals surface area (Å²) in [5, 5.41) is 6.48. The van der Waals surface area contributed by atoms with Gasteiger partial charge in [-0.1, -0.05) is 12.6 Å². The first-order chi connectivity index (χ1) is 12.9. The van der Waals surface area contributed by atoms with Crippen LogP contribution in [0.4, 0.5) is 5.69 Å². The molecule has 4 aliphatic carbocycles. The molecule has 2 N–H and O–H groups in total. The summed E-state index contributed by atoms with van der Waals surface area (Å²) in [6, 6.07) is 7.59. The minimum absolute atomic E-state index is 0.119. The normalized spacial score (nSPS) is 30.6. The van der Waals surface area contributed by atoms with E-state index in [-0.39, 0.29) is 11.3 Å². The molecule has 1 aromatic rings. The maximum atomic E-state index is 13.1. The molecule has 0 spiro atoms. The van der Waals surface area contributed by atoms with Crippen LogP contribution in [0.15, 0.2) is 36.4 Å². The highest BCUT2D eigenvalue weighted by atomic mass is 32.1. The molecular weight excluding hydrogens is 356 g/mol. The summed E-state index contributed by atoms with van der Waals surface area (Å²) < 4.78 is 5.67. The SMILES string of the molecule is C=C(C)COc1cccc(NC(=S)NC(=O)C23CC4CC(CC(C4)C2)C3)c1. The zero-order valence-corrected chi connectivity index (χ0v) is 16.7. The molecule has 1 aromatic carbocycles. The van der Waals surface area contributed by atoms with Crippen LogP contribution in [0.3, 0.4) is 0 Å². The number of thiocarbonyl (C=S) groups is 1. The first kappa shape index (κ1) is 18.5. The van der Waals surface area contributed by atoms with E-state index in [1.807, 2.05) is 31.2 Å². The summed E-state index contributed by atoms with van der Waals surface area (Å²) >= 11 is 5.42. The van der Waals surface area contributed by atoms with Crippen molar-refractivity contribution in [1.82, 2.24) is 5.32 Å². The molecule has 1 amide bonds. The molecule has 4 saturated carbocycles. The highest BCUT2D eigenvalue weighted by molar-refractivity contribution is 7.80. The number of ether oxygens (including phenoxy) is 1. The van der Waals surface area contributed by atoms with Gasteiger partial charge in [-0.15, -0.1) is 0 Å². The number of carbonyl (C=O) groups is 1. The highest BCUT2D eigenvalue weighted by Crippen LogP contribution is 2.60. The molecule has 0 radical (unpaired) electrons. The van der Waals surface area contributed by atoms with Gasteiger partial charge in [0.2, 0.25) is 5.91 Å². The van der Waals surface area contributed by atoms with E-state index in [1.165, 1.54) is 19.3 Å². The molecule has 0 aromatic heterocycles. The van der Waals surface area contributed by atoms with Crippen molar-refractivity contribution in [2.45, 2.75) is 45.4 Å². The van der Waals surface area contributed by atoms with E-state index in [0.29, 0.717) is 11.7 Å². The Morgan fingerprint density at radius 3 is 2.44 bits per heavy atom. The third-order valence-corrected chi connectivity index (χ3v) is 6.53. The zero-order chi connectivity index (χ0) is 19.0. The number of rotatable bonds is 5. The van der Waals surface area contributed by atoms with Crippen molar-refractivity contribution in [1.29, 1.82) is 0 Å². The van der Waals surface area contributed by atoms with Crippen molar-refractivity contribution in [2.75, 3.05) is 11.9 Å². The molecule has 5 heteroatoms. The van der Waals surface area contributed by atoms with E-state index in [1.54, 1.807) is 0 Å². The molecule has 0 heterocycles. The smallest absolute Gasteiger partial charge is 0.232 e. The number of hydrogen-bond donors (Lipinski definition) is 2. The van der Waals surface area contributed by atoms with Crippen LogP contribution < -0.4 is 15.4 Å². The van der Waals surface area contributed by atoms with Crippen LogP contribution in [0.5, 0.6) is 5.75 Å². The number of anilines is 1. The Morgan fingerprint density at radius 2 is 1.85 bits per heavy atom. The molecule has 4 aliphatic rings. The van der Waals surface area contributed by atoms with Gasteiger partial charge in [0.05, 0.1) is 5.41 Å². The van der Waals surface area contributed by atoms with E-state index in [2.05, 4.69) is 17.2 Å². The lowest BCUT2D eigenvalue weighted by atomic mass is 9.49. The quantitative estimate of drug-likeness (QED) is 0.572. The van der Waals surface area contributed by atoms with Gasteiger partial charge < -0.3 is 15.4 Å². The third-order valence-electron chi connectivity index (χ3n) is 6.32. The van der Waals surface area contributed by atoms with Crippen molar-refractivity contribution in [2.24, 2.45) is 23.2 Å². The summed E-state index contributed by atoms with van der Waals surface area (Å²) in [5.74, 6) is 3.09. The summed E-state index contributed by atoms with van der Waals surface area (Å²) in [7, 11) is 0. The zero-order valence-electron chi connectivity index (χ0n) is 15.9. The van der Waals surface area contributed by atoms with Crippen LogP contribution in [0.25, 0.3) is 0 Å². The monoisotopic (exact) mass is 384 g/mol. The van der Waals surface area contributed by atoms with Gasteiger partial charge in [-0.05, 0) is 93.1 Å². The van der Waals surface area contributed by atoms with Crippen LogP contribution in [0.1, 0.15) is 45.4 Å². The van der Waals surface area contributed by atoms with Gasteiger partial charge >= 0.3 is 0 Å². The topological polar surface area (TPSA) is 50.4 Å². The van der Waals surface area contributed by atoms with Gasteiger partial charge in [-0.2, -0.15) is 0 Å². The second-order valence-corrected chi connectivity index (χ2v) is 9.29. The van der Waals surface area contributed by atoms with E-state index < -0.39 is 0 Å². The maximum absolute atomic E-state index is 13.1. The predicted molar refractivity (Wildman–Crippen MR) is 112 cm³/mol. The van der Waals surface area contributed by atoms with Crippen LogP contribution >= 0.6 is 12.2 Å². The fraction of sp³-hybridized carbons (Fsp3) is 0.545. The van der Waals surface area contributed by atoms with Crippen molar-refractivity contribution < 1.29 is 9.53 Å². The Hall–Kier alpha value is -1.88. The summed E-state index contributed by atoms with van der Waals surface area (Å²) in [6.45, 7) is 6.25. The fourth-order valence-electron chi connectivity index (χ4n) is 5.66. The largest absolute Gasteiger partial charge is 0.489 e. The van der Waals surface area contributed by atoms with Gasteiger partial charge in [0, 0.05) is 11.8 Å². The minimum Gasteiger partial charge on any atom is -0.489 e. The average Bonchev–Trinajstić information content (AvgIpc) is 2.59. The van der Waals surface area contributed by atoms with Crippen molar-refractivity contribution in [3.8, 4) is 5.75 Å². The lowest BCUT2D eigenvalue weighted by Gasteiger charge is -2.55. The molecule has 0 saturated heterocycles. The second kappa shape index (κ2) is 7.27. The molecule has 0 unspecified atom stereocenters. The number of nitrogens with one attached hydrogen (secondary N) is 2. The van der Waals surface area contributed by atoms with Gasteiger partial charge in [-0.25, -0.2) is 0 Å². The second-order valence-electron chi connectivity index (χ2n) is 8.88. The molecule has 4 fully saturated rings. The summed E-state index contributed by atoms with van der Waals surface area (Å²) in [6.07, 6.45) is 7.09. The van der Waals surface area contributed by atoms with Gasteiger partial charge in [-0.3, -0.25) is 4.79 Å². The van der Waals surface area contributed by atoms with Gasteiger partial charge in [0.15, 0.2) is 5.11 Å². The van der Waals surface area contributed by atoms with E-state index in [9.17, 15) is 4.79 Å². The van der Waals surface area contributed by atoms with Gasteiger partial charge in [0.1, 0.15) is 12.4 Å². The Morgan fingerprint density at radius 1 is 1.22 bits per heavy atom. The molecule has 5 rings (SSSR count). The molecule has 4 nitrogen and oxygen atoms in total. The molecule has 4 bridgehead atoms. The molecule has 27 heavy (non-hydrogen) atoms. The Bertz CT molecular complexity index is 738. The Balaban J connectivity index is 1.36. The summed E-state index contributed by atoms with van der Waals surface area (Å²) in [5.41, 5.74) is 1.59. The third kappa shape index (κ3) is 4.03. The number of carbonyl (C=O) groups excluding carboxylic acids is 1. The predicted octanol–water partition coefficient (Wildman–Crippen LogP) is 4.67. The highest BCUT2D eigenvalue weighted by Gasteiger charge is 2.54. The van der Waals surface area contributed by atoms with Crippen LogP contribution in [0.2, 0.25) is 0 Å². The van der Waals surface area contributed by atoms with Crippen molar-refractivity contribution in [3.05, 3.63) is 36.4 Å². The Labute approximate surface area is 166 Å². The van der Waals surface area contributed by atoms with Crippen LogP contribution in [-0.4, -0.2) is 17.6 Å². The Kier molecular flexibility index (Phi) is 4.97. The minimum atomic E-state index is -0.188. The number of benzene rings is 1. The van der Waals surface area contributed by atoms with Crippen LogP contribution in [0, 0.1) is 23.2 Å². The fourth-order valence-corrected chi connectivity index (χ4v) is 5.87. The molecule has 0 aliphatic heterocycles. The molecule has 0 atom stereocenters. The van der Waals surface area contributed by atoms with E-state index in [4.69, 9.17) is 17.0 Å². The average molecular weight is 385 g/mol. The van der Waals surface area contributed by atoms with Crippen LogP contribution in [-0.2, 0) is 4.79 Å². The number of amides is 1. The molecule has 144 valence electrons. The molecular formula is C22H28N2O2S. The lowest BCUT2D eigenvalue weighted by molar-refractivity contribution is -0.144. The first-order valence-corrected chi connectivity index (χ1v) is 10.3. The van der Waals surface area contributed by atoms with Crippen molar-refractivity contribution >= 4 is 28.9 Å². The van der Waals surface area contributed by atoms with E-state index in [0.717, 1.165) is 54.0 Å². The summed E-state index contributed by atoms with van der Waals surface area (Å²) in [4.78, 5) is 13.1. The van der Waals surface area contributed by atoms with Gasteiger partial charge in [0.25, 0.3) is 0 Å². The maximum Gasteiger partial charge on any atom is 0.232 e. The van der Waals surface area contributed by atoms with Crippen molar-refractivity contribution in [3.63, 3.8) is 0 Å².